The normalized spacial score (nSPS) is 11.4. The lowest BCUT2D eigenvalue weighted by atomic mass is 10.3. The van der Waals surface area contributed by atoms with Crippen molar-refractivity contribution in [1.82, 2.24) is 0 Å². The number of anilines is 2. The minimum Gasteiger partial charge on any atom is -0.399 e. The van der Waals surface area contributed by atoms with Crippen molar-refractivity contribution < 1.29 is 8.42 Å². The molecule has 0 aliphatic rings. The lowest BCUT2D eigenvalue weighted by Crippen LogP contribution is -2.31. The van der Waals surface area contributed by atoms with Crippen LogP contribution in [0.5, 0.6) is 0 Å². The van der Waals surface area contributed by atoms with Crippen molar-refractivity contribution in [3.8, 4) is 0 Å². The number of nitrogens with two attached hydrogens (primary N) is 1. The minimum absolute atomic E-state index is 0.0663. The van der Waals surface area contributed by atoms with Crippen LogP contribution in [0.3, 0.4) is 0 Å². The number of nitrogens with zero attached hydrogens (tertiary/aromatic N) is 1. The smallest absolute Gasteiger partial charge is 0.265 e. The fraction of sp³-hybridized carbons (Fsp3) is 0.143. The van der Waals surface area contributed by atoms with Gasteiger partial charge in [0.25, 0.3) is 10.0 Å². The van der Waals surface area contributed by atoms with Gasteiger partial charge in [0, 0.05) is 16.7 Å². The Morgan fingerprint density at radius 2 is 1.95 bits per heavy atom. The molecule has 0 aromatic heterocycles. The lowest BCUT2D eigenvalue weighted by Gasteiger charge is -2.23. The summed E-state index contributed by atoms with van der Waals surface area (Å²) >= 11 is 9.34. The van der Waals surface area contributed by atoms with Crippen LogP contribution in [0.15, 0.2) is 51.8 Å². The summed E-state index contributed by atoms with van der Waals surface area (Å²) in [6.45, 7) is 2.03. The number of sulfonamides is 1. The molecule has 0 atom stereocenters. The van der Waals surface area contributed by atoms with E-state index in [-0.39, 0.29) is 16.5 Å². The zero-order chi connectivity index (χ0) is 15.6. The highest BCUT2D eigenvalue weighted by molar-refractivity contribution is 9.10. The standard InChI is InChI=1S/C14H14BrClN2O2S/c1-2-18(12-5-3-4-11(17)9-12)21(19,20)14-7-6-10(15)8-13(14)16/h3-9H,2,17H2,1H3. The number of hydrogen-bond acceptors (Lipinski definition) is 3. The molecule has 7 heteroatoms. The summed E-state index contributed by atoms with van der Waals surface area (Å²) in [5.74, 6) is 0. The number of halogens is 2. The zero-order valence-electron chi connectivity index (χ0n) is 11.3. The summed E-state index contributed by atoms with van der Waals surface area (Å²) < 4.78 is 27.6. The Kier molecular flexibility index (Phi) is 4.81. The van der Waals surface area contributed by atoms with Crippen LogP contribution in [0, 0.1) is 0 Å². The minimum atomic E-state index is -3.74. The molecule has 0 radical (unpaired) electrons. The van der Waals surface area contributed by atoms with Crippen LogP contribution in [0.25, 0.3) is 0 Å². The molecule has 2 N–H and O–H groups in total. The molecule has 0 fully saturated rings. The molecule has 4 nitrogen and oxygen atoms in total. The Bertz CT molecular complexity index is 765. The average Bonchev–Trinajstić information content (AvgIpc) is 2.38. The van der Waals surface area contributed by atoms with E-state index >= 15 is 0 Å². The highest BCUT2D eigenvalue weighted by atomic mass is 79.9. The Morgan fingerprint density at radius 1 is 1.24 bits per heavy atom. The molecule has 0 saturated heterocycles. The van der Waals surface area contributed by atoms with E-state index in [1.807, 2.05) is 0 Å². The highest BCUT2D eigenvalue weighted by Gasteiger charge is 2.26. The first-order valence-electron chi connectivity index (χ1n) is 6.19. The summed E-state index contributed by atoms with van der Waals surface area (Å²) in [6.07, 6.45) is 0. The number of nitrogen functional groups attached to an aromatic ring is 1. The maximum absolute atomic E-state index is 12.8. The van der Waals surface area contributed by atoms with E-state index in [1.165, 1.54) is 10.4 Å². The van der Waals surface area contributed by atoms with Gasteiger partial charge in [-0.3, -0.25) is 4.31 Å². The van der Waals surface area contributed by atoms with Gasteiger partial charge < -0.3 is 5.73 Å². The van der Waals surface area contributed by atoms with Gasteiger partial charge >= 0.3 is 0 Å². The molecule has 0 spiro atoms. The predicted octanol–water partition coefficient (Wildman–Crippen LogP) is 3.90. The van der Waals surface area contributed by atoms with Crippen LogP contribution in [0.2, 0.25) is 5.02 Å². The molecule has 2 aromatic rings. The third kappa shape index (κ3) is 3.33. The van der Waals surface area contributed by atoms with Crippen LogP contribution in [0.1, 0.15) is 6.92 Å². The first kappa shape index (κ1) is 16.1. The zero-order valence-corrected chi connectivity index (χ0v) is 14.4. The quantitative estimate of drug-likeness (QED) is 0.807. The van der Waals surface area contributed by atoms with E-state index in [0.717, 1.165) is 4.47 Å². The number of rotatable bonds is 4. The van der Waals surface area contributed by atoms with Crippen LogP contribution in [-0.2, 0) is 10.0 Å². The SMILES string of the molecule is CCN(c1cccc(N)c1)S(=O)(=O)c1ccc(Br)cc1Cl. The predicted molar refractivity (Wildman–Crippen MR) is 90.2 cm³/mol. The molecule has 0 saturated carbocycles. The number of hydrogen-bond donors (Lipinski definition) is 1. The molecule has 0 unspecified atom stereocenters. The maximum atomic E-state index is 12.8. The average molecular weight is 390 g/mol. The van der Waals surface area contributed by atoms with Crippen molar-refractivity contribution >= 4 is 48.9 Å². The Labute approximate surface area is 137 Å². The van der Waals surface area contributed by atoms with Crippen molar-refractivity contribution in [3.63, 3.8) is 0 Å². The molecule has 0 aliphatic carbocycles. The van der Waals surface area contributed by atoms with Crippen LogP contribution >= 0.6 is 27.5 Å². The Hall–Kier alpha value is -1.24. The van der Waals surface area contributed by atoms with Gasteiger partial charge in [-0.15, -0.1) is 0 Å². The summed E-state index contributed by atoms with van der Waals surface area (Å²) in [7, 11) is -3.74. The van der Waals surface area contributed by atoms with Gasteiger partial charge in [0.2, 0.25) is 0 Å². The molecule has 0 amide bonds. The molecular weight excluding hydrogens is 376 g/mol. The third-order valence-electron chi connectivity index (χ3n) is 2.91. The lowest BCUT2D eigenvalue weighted by molar-refractivity contribution is 0.592. The Balaban J connectivity index is 2.54. The van der Waals surface area contributed by atoms with E-state index in [2.05, 4.69) is 15.9 Å². The molecule has 0 bridgehead atoms. The third-order valence-corrected chi connectivity index (χ3v) is 5.79. The number of benzene rings is 2. The second kappa shape index (κ2) is 6.25. The fourth-order valence-corrected chi connectivity index (χ4v) is 4.45. The van der Waals surface area contributed by atoms with Crippen molar-refractivity contribution in [2.75, 3.05) is 16.6 Å². The van der Waals surface area contributed by atoms with Crippen LogP contribution < -0.4 is 10.0 Å². The Morgan fingerprint density at radius 3 is 2.52 bits per heavy atom. The summed E-state index contributed by atoms with van der Waals surface area (Å²) in [6, 6.07) is 11.4. The first-order valence-corrected chi connectivity index (χ1v) is 8.80. The van der Waals surface area contributed by atoms with Gasteiger partial charge in [-0.1, -0.05) is 33.6 Å². The van der Waals surface area contributed by atoms with Crippen molar-refractivity contribution in [3.05, 3.63) is 52.0 Å². The van der Waals surface area contributed by atoms with Gasteiger partial charge in [-0.2, -0.15) is 0 Å². The summed E-state index contributed by atoms with van der Waals surface area (Å²) in [5.41, 5.74) is 6.74. The fourth-order valence-electron chi connectivity index (χ4n) is 1.97. The first-order chi connectivity index (χ1) is 9.86. The van der Waals surface area contributed by atoms with Gasteiger partial charge in [0.15, 0.2) is 0 Å². The topological polar surface area (TPSA) is 63.4 Å². The van der Waals surface area contributed by atoms with E-state index in [0.29, 0.717) is 11.4 Å². The molecule has 2 rings (SSSR count). The van der Waals surface area contributed by atoms with Gasteiger partial charge in [-0.05, 0) is 43.3 Å². The summed E-state index contributed by atoms with van der Waals surface area (Å²) in [5, 5.41) is 0.173. The second-order valence-corrected chi connectivity index (χ2v) is 7.49. The maximum Gasteiger partial charge on any atom is 0.265 e. The molecular formula is C14H14BrClN2O2S. The van der Waals surface area contributed by atoms with Crippen molar-refractivity contribution in [1.29, 1.82) is 0 Å². The van der Waals surface area contributed by atoms with Crippen LogP contribution in [-0.4, -0.2) is 15.0 Å². The van der Waals surface area contributed by atoms with E-state index < -0.39 is 10.0 Å². The highest BCUT2D eigenvalue weighted by Crippen LogP contribution is 2.30. The molecule has 21 heavy (non-hydrogen) atoms. The van der Waals surface area contributed by atoms with Gasteiger partial charge in [0.05, 0.1) is 10.7 Å². The van der Waals surface area contributed by atoms with Gasteiger partial charge in [-0.25, -0.2) is 8.42 Å². The monoisotopic (exact) mass is 388 g/mol. The van der Waals surface area contributed by atoms with Crippen LogP contribution in [0.4, 0.5) is 11.4 Å². The molecule has 0 heterocycles. The molecule has 2 aromatic carbocycles. The second-order valence-electron chi connectivity index (χ2n) is 4.34. The largest absolute Gasteiger partial charge is 0.399 e. The van der Waals surface area contributed by atoms with E-state index in [9.17, 15) is 8.42 Å². The van der Waals surface area contributed by atoms with E-state index in [1.54, 1.807) is 43.3 Å². The van der Waals surface area contributed by atoms with E-state index in [4.69, 9.17) is 17.3 Å². The van der Waals surface area contributed by atoms with Crippen molar-refractivity contribution in [2.45, 2.75) is 11.8 Å². The molecule has 112 valence electrons. The summed E-state index contributed by atoms with van der Waals surface area (Å²) in [4.78, 5) is 0.0663. The molecule has 0 aliphatic heterocycles. The van der Waals surface area contributed by atoms with Crippen molar-refractivity contribution in [2.24, 2.45) is 0 Å². The van der Waals surface area contributed by atoms with Gasteiger partial charge in [0.1, 0.15) is 4.90 Å².